The van der Waals surface area contributed by atoms with Crippen LogP contribution in [0.15, 0.2) is 72.8 Å². The van der Waals surface area contributed by atoms with Crippen molar-refractivity contribution in [3.05, 3.63) is 83.9 Å². The van der Waals surface area contributed by atoms with Crippen LogP contribution in [0.3, 0.4) is 0 Å². The predicted molar refractivity (Wildman–Crippen MR) is 101 cm³/mol. The number of alkyl halides is 1. The van der Waals surface area contributed by atoms with E-state index in [1.165, 1.54) is 0 Å². The first-order valence-corrected chi connectivity index (χ1v) is 9.19. The first kappa shape index (κ1) is 16.0. The summed E-state index contributed by atoms with van der Waals surface area (Å²) in [7, 11) is -0.107. The Morgan fingerprint density at radius 1 is 0.826 bits per heavy atom. The quantitative estimate of drug-likeness (QED) is 0.373. The van der Waals surface area contributed by atoms with Crippen molar-refractivity contribution in [2.24, 2.45) is 0 Å². The van der Waals surface area contributed by atoms with Crippen molar-refractivity contribution < 1.29 is 4.57 Å². The van der Waals surface area contributed by atoms with Gasteiger partial charge in [0.25, 0.3) is 0 Å². The van der Waals surface area contributed by atoms with E-state index in [9.17, 15) is 4.57 Å². The summed E-state index contributed by atoms with van der Waals surface area (Å²) in [5.74, 6) is 0. The monoisotopic (exact) mass is 380 g/mol. The number of hydrogen-bond acceptors (Lipinski definition) is 1. The molecule has 3 aromatic carbocycles. The number of rotatable bonds is 3. The first-order valence-electron chi connectivity index (χ1n) is 7.26. The summed E-state index contributed by atoms with van der Waals surface area (Å²) >= 11 is 3.52. The fourth-order valence-corrected chi connectivity index (χ4v) is 3.51. The van der Waals surface area contributed by atoms with Crippen LogP contribution in [-0.2, 0) is 9.90 Å². The standard InChI is InChI=1S/C20H14BrOP/c21-13-17-11-12-18(15-7-3-1-4-8-15)20(19(17)14-23-22)16-9-5-2-6-10-16/h1-12H,13H2. The molecule has 0 atom stereocenters. The van der Waals surface area contributed by atoms with E-state index in [1.807, 2.05) is 36.4 Å². The van der Waals surface area contributed by atoms with Gasteiger partial charge in [-0.05, 0) is 0 Å². The van der Waals surface area contributed by atoms with Gasteiger partial charge in [-0.2, -0.15) is 0 Å². The Morgan fingerprint density at radius 2 is 1.43 bits per heavy atom. The Labute approximate surface area is 145 Å². The molecule has 3 rings (SSSR count). The maximum absolute atomic E-state index is 11.2. The fraction of sp³-hybridized carbons (Fsp3) is 0.0500. The Hall–Kier alpha value is -1.85. The van der Waals surface area contributed by atoms with Gasteiger partial charge in [-0.1, -0.05) is 0 Å². The molecule has 0 aliphatic heterocycles. The van der Waals surface area contributed by atoms with Gasteiger partial charge in [-0.25, -0.2) is 0 Å². The van der Waals surface area contributed by atoms with Gasteiger partial charge >= 0.3 is 146 Å². The van der Waals surface area contributed by atoms with Crippen molar-refractivity contribution >= 4 is 23.8 Å². The van der Waals surface area contributed by atoms with Crippen LogP contribution in [0.4, 0.5) is 0 Å². The Balaban J connectivity index is 2.39. The van der Waals surface area contributed by atoms with E-state index in [2.05, 4.69) is 58.0 Å². The zero-order valence-electron chi connectivity index (χ0n) is 12.4. The normalized spacial score (nSPS) is 10.1. The molecule has 0 bridgehead atoms. The predicted octanol–water partition coefficient (Wildman–Crippen LogP) is 6.51. The minimum atomic E-state index is -0.107. The molecule has 112 valence electrons. The summed E-state index contributed by atoms with van der Waals surface area (Å²) < 4.78 is 11.2. The van der Waals surface area contributed by atoms with Crippen LogP contribution in [0.25, 0.3) is 22.3 Å². The average molecular weight is 381 g/mol. The Kier molecular flexibility index (Phi) is 5.31. The molecule has 3 heteroatoms. The molecule has 0 N–H and O–H groups in total. The second-order valence-corrected chi connectivity index (χ2v) is 6.06. The summed E-state index contributed by atoms with van der Waals surface area (Å²) in [6, 6.07) is 24.6. The molecule has 0 radical (unpaired) electrons. The van der Waals surface area contributed by atoms with Gasteiger partial charge in [0.2, 0.25) is 0 Å². The van der Waals surface area contributed by atoms with Crippen LogP contribution >= 0.6 is 23.8 Å². The summed E-state index contributed by atoms with van der Waals surface area (Å²) in [6.45, 7) is 0. The molecule has 3 aromatic rings. The average Bonchev–Trinajstić information content (AvgIpc) is 2.63. The molecule has 0 aromatic heterocycles. The molecule has 0 aliphatic carbocycles. The molecule has 0 aliphatic rings. The zero-order chi connectivity index (χ0) is 16.1. The van der Waals surface area contributed by atoms with Gasteiger partial charge in [0.05, 0.1) is 0 Å². The van der Waals surface area contributed by atoms with Gasteiger partial charge < -0.3 is 0 Å². The van der Waals surface area contributed by atoms with Gasteiger partial charge in [-0.3, -0.25) is 0 Å². The SMILES string of the molecule is O=P#Cc1c(CBr)ccc(-c2ccccc2)c1-c1ccccc1. The molecule has 0 saturated heterocycles. The number of halogens is 1. The Morgan fingerprint density at radius 3 is 2.00 bits per heavy atom. The van der Waals surface area contributed by atoms with E-state index < -0.39 is 0 Å². The summed E-state index contributed by atoms with van der Waals surface area (Å²) in [5, 5.41) is 0.694. The van der Waals surface area contributed by atoms with Crippen LogP contribution in [0.2, 0.25) is 0 Å². The first-order chi connectivity index (χ1) is 11.3. The molecule has 0 fully saturated rings. The minimum absolute atomic E-state index is 0.107. The second kappa shape index (κ2) is 7.62. The molecule has 0 saturated carbocycles. The Bertz CT molecular complexity index is 916. The third-order valence-electron chi connectivity index (χ3n) is 3.74. The van der Waals surface area contributed by atoms with Crippen LogP contribution in [-0.4, -0.2) is 0 Å². The summed E-state index contributed by atoms with van der Waals surface area (Å²) in [6.07, 6.45) is 0. The van der Waals surface area contributed by atoms with Crippen LogP contribution in [0, 0.1) is 5.63 Å². The third kappa shape index (κ3) is 3.41. The van der Waals surface area contributed by atoms with E-state index in [0.29, 0.717) is 5.33 Å². The molecule has 0 spiro atoms. The molecule has 0 amide bonds. The molecular formula is C20H14BrOP. The number of benzene rings is 3. The van der Waals surface area contributed by atoms with Crippen molar-refractivity contribution in [1.29, 1.82) is 0 Å². The second-order valence-electron chi connectivity index (χ2n) is 5.09. The van der Waals surface area contributed by atoms with E-state index in [-0.39, 0.29) is 7.92 Å². The van der Waals surface area contributed by atoms with E-state index in [1.54, 1.807) is 0 Å². The van der Waals surface area contributed by atoms with Crippen LogP contribution < -0.4 is 0 Å². The van der Waals surface area contributed by atoms with Crippen molar-refractivity contribution in [3.8, 4) is 27.9 Å². The maximum atomic E-state index is 11.2. The molecular weight excluding hydrogens is 367 g/mol. The molecule has 1 nitrogen and oxygen atoms in total. The van der Waals surface area contributed by atoms with Crippen LogP contribution in [0.1, 0.15) is 11.1 Å². The van der Waals surface area contributed by atoms with Gasteiger partial charge in [0.15, 0.2) is 0 Å². The van der Waals surface area contributed by atoms with Gasteiger partial charge in [0.1, 0.15) is 0 Å². The van der Waals surface area contributed by atoms with Crippen molar-refractivity contribution in [2.45, 2.75) is 5.33 Å². The van der Waals surface area contributed by atoms with E-state index in [4.69, 9.17) is 0 Å². The van der Waals surface area contributed by atoms with Crippen molar-refractivity contribution in [1.82, 2.24) is 0 Å². The topological polar surface area (TPSA) is 17.1 Å². The molecule has 0 heterocycles. The van der Waals surface area contributed by atoms with Crippen LogP contribution in [0.5, 0.6) is 0 Å². The van der Waals surface area contributed by atoms with Crippen molar-refractivity contribution in [3.63, 3.8) is 0 Å². The van der Waals surface area contributed by atoms with Gasteiger partial charge in [-0.15, -0.1) is 0 Å². The van der Waals surface area contributed by atoms with E-state index in [0.717, 1.165) is 33.4 Å². The zero-order valence-corrected chi connectivity index (χ0v) is 14.8. The van der Waals surface area contributed by atoms with Crippen molar-refractivity contribution in [2.75, 3.05) is 0 Å². The molecule has 0 unspecified atom stereocenters. The molecule has 23 heavy (non-hydrogen) atoms. The number of hydrogen-bond donors (Lipinski definition) is 0. The van der Waals surface area contributed by atoms with Gasteiger partial charge in [0, 0.05) is 0 Å². The van der Waals surface area contributed by atoms with E-state index >= 15 is 0 Å². The summed E-state index contributed by atoms with van der Waals surface area (Å²) in [5.41, 5.74) is 9.38. The fourth-order valence-electron chi connectivity index (χ4n) is 2.69. The third-order valence-corrected chi connectivity index (χ3v) is 4.66. The summed E-state index contributed by atoms with van der Waals surface area (Å²) in [4.78, 5) is 0.